The van der Waals surface area contributed by atoms with Gasteiger partial charge in [0.2, 0.25) is 0 Å². The second-order valence-corrected chi connectivity index (χ2v) is 5.42. The summed E-state index contributed by atoms with van der Waals surface area (Å²) < 4.78 is 4.71. The molecule has 0 aliphatic carbocycles. The van der Waals surface area contributed by atoms with Crippen LogP contribution in [0.1, 0.15) is 12.8 Å². The standard InChI is InChI=1S/C13H25N3O2/c1-14-5-3-12(4-6-14)16-9-7-15(8-10-16)11-13(17)18-2/h12H,3-11H2,1-2H3. The minimum atomic E-state index is -0.122. The Morgan fingerprint density at radius 2 is 1.72 bits per heavy atom. The molecule has 5 heteroatoms. The predicted molar refractivity (Wildman–Crippen MR) is 70.5 cm³/mol. The van der Waals surface area contributed by atoms with E-state index in [0.29, 0.717) is 6.54 Å². The lowest BCUT2D eigenvalue weighted by atomic mass is 10.0. The van der Waals surface area contributed by atoms with Gasteiger partial charge in [0.05, 0.1) is 13.7 Å². The van der Waals surface area contributed by atoms with Crippen molar-refractivity contribution in [3.63, 3.8) is 0 Å². The Morgan fingerprint density at radius 1 is 1.11 bits per heavy atom. The Kier molecular flexibility index (Phi) is 4.97. The minimum absolute atomic E-state index is 0.122. The summed E-state index contributed by atoms with van der Waals surface area (Å²) in [5, 5.41) is 0. The van der Waals surface area contributed by atoms with E-state index in [9.17, 15) is 4.79 Å². The van der Waals surface area contributed by atoms with Crippen molar-refractivity contribution in [1.29, 1.82) is 0 Å². The first-order valence-corrected chi connectivity index (χ1v) is 6.91. The van der Waals surface area contributed by atoms with E-state index in [4.69, 9.17) is 4.74 Å². The molecule has 0 unspecified atom stereocenters. The van der Waals surface area contributed by atoms with Gasteiger partial charge in [-0.25, -0.2) is 0 Å². The van der Waals surface area contributed by atoms with Crippen molar-refractivity contribution in [1.82, 2.24) is 14.7 Å². The molecule has 2 rings (SSSR count). The second-order valence-electron chi connectivity index (χ2n) is 5.42. The van der Waals surface area contributed by atoms with E-state index < -0.39 is 0 Å². The molecule has 2 heterocycles. The number of piperazine rings is 1. The van der Waals surface area contributed by atoms with E-state index in [2.05, 4.69) is 21.7 Å². The highest BCUT2D eigenvalue weighted by atomic mass is 16.5. The number of likely N-dealkylation sites (tertiary alicyclic amines) is 1. The van der Waals surface area contributed by atoms with Gasteiger partial charge in [-0.1, -0.05) is 0 Å². The van der Waals surface area contributed by atoms with Crippen LogP contribution in [0.3, 0.4) is 0 Å². The van der Waals surface area contributed by atoms with Gasteiger partial charge >= 0.3 is 5.97 Å². The lowest BCUT2D eigenvalue weighted by molar-refractivity contribution is -0.142. The van der Waals surface area contributed by atoms with Gasteiger partial charge in [0.1, 0.15) is 0 Å². The van der Waals surface area contributed by atoms with Crippen LogP contribution < -0.4 is 0 Å². The van der Waals surface area contributed by atoms with Gasteiger partial charge in [-0.05, 0) is 33.0 Å². The van der Waals surface area contributed by atoms with Gasteiger partial charge in [0, 0.05) is 32.2 Å². The number of esters is 1. The molecule has 0 spiro atoms. The van der Waals surface area contributed by atoms with E-state index in [-0.39, 0.29) is 5.97 Å². The molecule has 104 valence electrons. The van der Waals surface area contributed by atoms with Gasteiger partial charge in [-0.2, -0.15) is 0 Å². The molecule has 0 aromatic heterocycles. The largest absolute Gasteiger partial charge is 0.468 e. The molecule has 2 fully saturated rings. The first-order valence-electron chi connectivity index (χ1n) is 6.91. The average molecular weight is 255 g/mol. The molecule has 0 bridgehead atoms. The molecule has 0 N–H and O–H groups in total. The summed E-state index contributed by atoms with van der Waals surface area (Å²) in [6.07, 6.45) is 2.57. The average Bonchev–Trinajstić information content (AvgIpc) is 2.40. The molecule has 0 saturated carbocycles. The van der Waals surface area contributed by atoms with E-state index in [1.165, 1.54) is 33.0 Å². The summed E-state index contributed by atoms with van der Waals surface area (Å²) in [6.45, 7) is 7.03. The predicted octanol–water partition coefficient (Wildman–Crippen LogP) is -0.129. The highest BCUT2D eigenvalue weighted by Crippen LogP contribution is 2.17. The SMILES string of the molecule is COC(=O)CN1CCN(C2CCN(C)CC2)CC1. The maximum atomic E-state index is 11.2. The molecule has 5 nitrogen and oxygen atoms in total. The lowest BCUT2D eigenvalue weighted by Crippen LogP contribution is -2.53. The number of hydrogen-bond acceptors (Lipinski definition) is 5. The van der Waals surface area contributed by atoms with Crippen LogP contribution in [0.15, 0.2) is 0 Å². The first-order chi connectivity index (χ1) is 8.69. The van der Waals surface area contributed by atoms with E-state index in [1.54, 1.807) is 0 Å². The molecule has 0 aromatic carbocycles. The minimum Gasteiger partial charge on any atom is -0.468 e. The molecule has 0 atom stereocenters. The van der Waals surface area contributed by atoms with Crippen LogP contribution in [-0.2, 0) is 9.53 Å². The van der Waals surface area contributed by atoms with Crippen molar-refractivity contribution in [2.45, 2.75) is 18.9 Å². The summed E-state index contributed by atoms with van der Waals surface area (Å²) in [7, 11) is 3.65. The van der Waals surface area contributed by atoms with Crippen LogP contribution >= 0.6 is 0 Å². The smallest absolute Gasteiger partial charge is 0.319 e. The molecule has 2 aliphatic rings. The number of nitrogens with zero attached hydrogens (tertiary/aromatic N) is 3. The third-order valence-electron chi connectivity index (χ3n) is 4.19. The summed E-state index contributed by atoms with van der Waals surface area (Å²) in [4.78, 5) is 18.4. The van der Waals surface area contributed by atoms with Gasteiger partial charge in [-0.15, -0.1) is 0 Å². The van der Waals surface area contributed by atoms with Gasteiger partial charge in [0.25, 0.3) is 0 Å². The zero-order chi connectivity index (χ0) is 13.0. The quantitative estimate of drug-likeness (QED) is 0.657. The molecule has 0 amide bonds. The molecule has 2 aliphatic heterocycles. The fourth-order valence-electron chi connectivity index (χ4n) is 2.89. The third-order valence-corrected chi connectivity index (χ3v) is 4.19. The van der Waals surface area contributed by atoms with Crippen molar-refractivity contribution in [2.24, 2.45) is 0 Å². The number of hydrogen-bond donors (Lipinski definition) is 0. The maximum Gasteiger partial charge on any atom is 0.319 e. The van der Waals surface area contributed by atoms with Crippen molar-refractivity contribution in [3.05, 3.63) is 0 Å². The molecular weight excluding hydrogens is 230 g/mol. The zero-order valence-corrected chi connectivity index (χ0v) is 11.6. The fourth-order valence-corrected chi connectivity index (χ4v) is 2.89. The van der Waals surface area contributed by atoms with Crippen LogP contribution in [0.4, 0.5) is 0 Å². The Hall–Kier alpha value is -0.650. The van der Waals surface area contributed by atoms with Crippen molar-refractivity contribution in [3.8, 4) is 0 Å². The van der Waals surface area contributed by atoms with E-state index >= 15 is 0 Å². The molecule has 18 heavy (non-hydrogen) atoms. The molecular formula is C13H25N3O2. The Morgan fingerprint density at radius 3 is 2.28 bits per heavy atom. The number of rotatable bonds is 3. The number of piperidine rings is 1. The fraction of sp³-hybridized carbons (Fsp3) is 0.923. The Bertz CT molecular complexity index is 269. The lowest BCUT2D eigenvalue weighted by Gasteiger charge is -2.41. The number of carbonyl (C=O) groups is 1. The third kappa shape index (κ3) is 3.67. The normalized spacial score (nSPS) is 25.2. The highest BCUT2D eigenvalue weighted by molar-refractivity contribution is 5.71. The number of methoxy groups -OCH3 is 1. The molecule has 0 radical (unpaired) electrons. The maximum absolute atomic E-state index is 11.2. The van der Waals surface area contributed by atoms with E-state index in [0.717, 1.165) is 32.2 Å². The topological polar surface area (TPSA) is 36.0 Å². The van der Waals surface area contributed by atoms with Crippen LogP contribution in [0.25, 0.3) is 0 Å². The van der Waals surface area contributed by atoms with Gasteiger partial charge in [0.15, 0.2) is 0 Å². The monoisotopic (exact) mass is 255 g/mol. The molecule has 2 saturated heterocycles. The van der Waals surface area contributed by atoms with Crippen molar-refractivity contribution < 1.29 is 9.53 Å². The Labute approximate surface area is 110 Å². The zero-order valence-electron chi connectivity index (χ0n) is 11.6. The summed E-state index contributed by atoms with van der Waals surface area (Å²) in [6, 6.07) is 0.751. The van der Waals surface area contributed by atoms with Crippen molar-refractivity contribution in [2.75, 3.05) is 60.0 Å². The van der Waals surface area contributed by atoms with Crippen LogP contribution in [-0.4, -0.2) is 86.7 Å². The summed E-state index contributed by atoms with van der Waals surface area (Å²) >= 11 is 0. The number of carbonyl (C=O) groups excluding carboxylic acids is 1. The van der Waals surface area contributed by atoms with E-state index in [1.807, 2.05) is 0 Å². The second kappa shape index (κ2) is 6.50. The van der Waals surface area contributed by atoms with Crippen LogP contribution in [0.5, 0.6) is 0 Å². The summed E-state index contributed by atoms with van der Waals surface area (Å²) in [5.74, 6) is -0.122. The summed E-state index contributed by atoms with van der Waals surface area (Å²) in [5.41, 5.74) is 0. The van der Waals surface area contributed by atoms with Crippen LogP contribution in [0, 0.1) is 0 Å². The highest BCUT2D eigenvalue weighted by Gasteiger charge is 2.26. The molecule has 0 aromatic rings. The van der Waals surface area contributed by atoms with Crippen LogP contribution in [0.2, 0.25) is 0 Å². The van der Waals surface area contributed by atoms with Gasteiger partial charge < -0.3 is 9.64 Å². The first kappa shape index (κ1) is 13.8. The number of ether oxygens (including phenoxy) is 1. The van der Waals surface area contributed by atoms with Crippen molar-refractivity contribution >= 4 is 5.97 Å². The van der Waals surface area contributed by atoms with Gasteiger partial charge in [-0.3, -0.25) is 14.6 Å². The Balaban J connectivity index is 1.71.